The van der Waals surface area contributed by atoms with Gasteiger partial charge in [0.2, 0.25) is 0 Å². The molecule has 0 bridgehead atoms. The lowest BCUT2D eigenvalue weighted by Crippen LogP contribution is -2.18. The molecule has 114 valence electrons. The van der Waals surface area contributed by atoms with E-state index in [1.54, 1.807) is 0 Å². The molecule has 0 aromatic carbocycles. The molecule has 1 heterocycles. The van der Waals surface area contributed by atoms with Gasteiger partial charge in [-0.15, -0.1) is 11.3 Å². The Hall–Kier alpha value is -1.32. The number of ether oxygens (including phenoxy) is 1. The van der Waals surface area contributed by atoms with Gasteiger partial charge >= 0.3 is 0 Å². The number of nitrogens with two attached hydrogens (primary N) is 1. The van der Waals surface area contributed by atoms with E-state index in [9.17, 15) is 13.2 Å². The topological polar surface area (TPSA) is 111 Å². The molecular formula is C11H19N3O4S2. The third-order valence-corrected chi connectivity index (χ3v) is 4.90. The van der Waals surface area contributed by atoms with Gasteiger partial charge in [-0.05, 0) is 6.92 Å². The predicted octanol–water partition coefficient (Wildman–Crippen LogP) is 0.542. The second kappa shape index (κ2) is 6.91. The number of rotatable bonds is 7. The van der Waals surface area contributed by atoms with Gasteiger partial charge in [0.15, 0.2) is 9.84 Å². The number of hydrogen-bond acceptors (Lipinski definition) is 7. The molecule has 0 fully saturated rings. The number of hydrogen-bond donors (Lipinski definition) is 3. The highest BCUT2D eigenvalue weighted by Crippen LogP contribution is 2.38. The minimum atomic E-state index is -3.53. The molecule has 9 heteroatoms. The predicted molar refractivity (Wildman–Crippen MR) is 80.2 cm³/mol. The summed E-state index contributed by atoms with van der Waals surface area (Å²) in [5, 5.41) is 5.75. The Kier molecular flexibility index (Phi) is 5.78. The summed E-state index contributed by atoms with van der Waals surface area (Å²) in [6, 6.07) is 0. The Morgan fingerprint density at radius 2 is 2.10 bits per heavy atom. The Balaban J connectivity index is 3.11. The van der Waals surface area contributed by atoms with Crippen LogP contribution in [-0.2, 0) is 14.6 Å². The molecule has 0 atom stereocenters. The summed E-state index contributed by atoms with van der Waals surface area (Å²) < 4.78 is 28.8. The summed E-state index contributed by atoms with van der Waals surface area (Å²) in [5.41, 5.74) is 5.78. The summed E-state index contributed by atoms with van der Waals surface area (Å²) in [7, 11) is -2.06. The van der Waals surface area contributed by atoms with Crippen LogP contribution in [0.15, 0.2) is 4.90 Å². The molecule has 0 aliphatic heterocycles. The van der Waals surface area contributed by atoms with Crippen molar-refractivity contribution in [3.05, 3.63) is 4.88 Å². The van der Waals surface area contributed by atoms with Gasteiger partial charge in [0.1, 0.15) is 14.8 Å². The Labute approximate surface area is 122 Å². The fourth-order valence-electron chi connectivity index (χ4n) is 1.58. The number of thiophene rings is 1. The lowest BCUT2D eigenvalue weighted by molar-refractivity contribution is 0.0968. The number of carbonyl (C=O) groups is 1. The van der Waals surface area contributed by atoms with E-state index in [0.717, 1.165) is 17.6 Å². The normalized spacial score (nSPS) is 11.3. The lowest BCUT2D eigenvalue weighted by atomic mass is 10.3. The maximum absolute atomic E-state index is 11.8. The maximum atomic E-state index is 11.8. The zero-order valence-corrected chi connectivity index (χ0v) is 13.3. The molecule has 1 rings (SSSR count). The minimum absolute atomic E-state index is 0.0178. The summed E-state index contributed by atoms with van der Waals surface area (Å²) in [5.74, 6) is -0.407. The van der Waals surface area contributed by atoms with Gasteiger partial charge in [-0.25, -0.2) is 8.42 Å². The van der Waals surface area contributed by atoms with E-state index in [1.807, 2.05) is 6.92 Å². The van der Waals surface area contributed by atoms with Crippen molar-refractivity contribution >= 4 is 37.8 Å². The van der Waals surface area contributed by atoms with Crippen molar-refractivity contribution in [3.63, 3.8) is 0 Å². The molecule has 1 amide bonds. The van der Waals surface area contributed by atoms with Gasteiger partial charge in [-0.2, -0.15) is 0 Å². The van der Waals surface area contributed by atoms with Crippen LogP contribution in [0.1, 0.15) is 16.6 Å². The van der Waals surface area contributed by atoms with Crippen LogP contribution in [0.3, 0.4) is 0 Å². The van der Waals surface area contributed by atoms with Crippen LogP contribution in [0.25, 0.3) is 0 Å². The van der Waals surface area contributed by atoms with Crippen LogP contribution < -0.4 is 16.4 Å². The molecule has 1 aromatic heterocycles. The van der Waals surface area contributed by atoms with Crippen molar-refractivity contribution < 1.29 is 17.9 Å². The molecular weight excluding hydrogens is 302 g/mol. The Bertz CT molecular complexity index is 581. The van der Waals surface area contributed by atoms with E-state index < -0.39 is 15.7 Å². The largest absolute Gasteiger partial charge is 0.396 e. The number of nitrogens with one attached hydrogen (secondary N) is 2. The number of nitrogen functional groups attached to an aromatic ring is 1. The van der Waals surface area contributed by atoms with Crippen LogP contribution in [-0.4, -0.2) is 47.4 Å². The molecule has 0 aliphatic rings. The van der Waals surface area contributed by atoms with Gasteiger partial charge in [0, 0.05) is 26.5 Å². The van der Waals surface area contributed by atoms with E-state index in [0.29, 0.717) is 24.8 Å². The molecule has 0 radical (unpaired) electrons. The first-order valence-corrected chi connectivity index (χ1v) is 8.69. The SMILES string of the molecule is CCOCCNc1sc(C(=O)NC)c(N)c1S(C)(=O)=O. The first kappa shape index (κ1) is 16.7. The third-order valence-electron chi connectivity index (χ3n) is 2.44. The second-order valence-electron chi connectivity index (χ2n) is 3.98. The quantitative estimate of drug-likeness (QED) is 0.632. The first-order chi connectivity index (χ1) is 9.32. The van der Waals surface area contributed by atoms with Crippen molar-refractivity contribution in [2.75, 3.05) is 44.1 Å². The first-order valence-electron chi connectivity index (χ1n) is 5.98. The Morgan fingerprint density at radius 1 is 1.45 bits per heavy atom. The minimum Gasteiger partial charge on any atom is -0.396 e. The average molecular weight is 321 g/mol. The van der Waals surface area contributed by atoms with E-state index in [1.165, 1.54) is 7.05 Å². The van der Waals surface area contributed by atoms with Crippen LogP contribution in [0.2, 0.25) is 0 Å². The summed E-state index contributed by atoms with van der Waals surface area (Å²) in [4.78, 5) is 11.8. The highest BCUT2D eigenvalue weighted by atomic mass is 32.2. The van der Waals surface area contributed by atoms with Crippen molar-refractivity contribution in [1.82, 2.24) is 5.32 Å². The zero-order chi connectivity index (χ0) is 15.3. The standard InChI is InChI=1S/C11H19N3O4S2/c1-4-18-6-5-14-11-9(20(3,16)17)7(12)8(19-11)10(15)13-2/h14H,4-6,12H2,1-3H3,(H,13,15). The van der Waals surface area contributed by atoms with Crippen molar-refractivity contribution in [2.45, 2.75) is 11.8 Å². The fourth-order valence-corrected chi connectivity index (χ4v) is 4.12. The van der Waals surface area contributed by atoms with Crippen LogP contribution in [0.4, 0.5) is 10.7 Å². The molecule has 4 N–H and O–H groups in total. The molecule has 20 heavy (non-hydrogen) atoms. The van der Waals surface area contributed by atoms with Crippen LogP contribution >= 0.6 is 11.3 Å². The molecule has 1 aromatic rings. The number of anilines is 2. The maximum Gasteiger partial charge on any atom is 0.263 e. The van der Waals surface area contributed by atoms with E-state index in [2.05, 4.69) is 10.6 Å². The molecule has 0 unspecified atom stereocenters. The highest BCUT2D eigenvalue weighted by molar-refractivity contribution is 7.91. The van der Waals surface area contributed by atoms with Crippen LogP contribution in [0.5, 0.6) is 0 Å². The van der Waals surface area contributed by atoms with Crippen LogP contribution in [0, 0.1) is 0 Å². The monoisotopic (exact) mass is 321 g/mol. The third kappa shape index (κ3) is 3.84. The van der Waals surface area contributed by atoms with E-state index in [-0.39, 0.29) is 15.5 Å². The van der Waals surface area contributed by atoms with Gasteiger partial charge in [-0.3, -0.25) is 4.79 Å². The Morgan fingerprint density at radius 3 is 2.60 bits per heavy atom. The summed E-state index contributed by atoms with van der Waals surface area (Å²) in [6.45, 7) is 3.32. The van der Waals surface area contributed by atoms with Crippen molar-refractivity contribution in [3.8, 4) is 0 Å². The number of amides is 1. The summed E-state index contributed by atoms with van der Waals surface area (Å²) >= 11 is 1.02. The van der Waals surface area contributed by atoms with Crippen molar-refractivity contribution in [2.24, 2.45) is 0 Å². The van der Waals surface area contributed by atoms with Gasteiger partial charge < -0.3 is 21.1 Å². The van der Waals surface area contributed by atoms with Gasteiger partial charge in [0.25, 0.3) is 5.91 Å². The molecule has 0 saturated heterocycles. The zero-order valence-electron chi connectivity index (χ0n) is 11.6. The second-order valence-corrected chi connectivity index (χ2v) is 6.95. The fraction of sp³-hybridized carbons (Fsp3) is 0.545. The highest BCUT2D eigenvalue weighted by Gasteiger charge is 2.26. The van der Waals surface area contributed by atoms with Crippen molar-refractivity contribution in [1.29, 1.82) is 0 Å². The molecule has 0 saturated carbocycles. The molecule has 0 aliphatic carbocycles. The molecule has 7 nitrogen and oxygen atoms in total. The number of sulfone groups is 1. The van der Waals surface area contributed by atoms with E-state index in [4.69, 9.17) is 10.5 Å². The lowest BCUT2D eigenvalue weighted by Gasteiger charge is -2.06. The van der Waals surface area contributed by atoms with Gasteiger partial charge in [-0.1, -0.05) is 0 Å². The van der Waals surface area contributed by atoms with E-state index >= 15 is 0 Å². The van der Waals surface area contributed by atoms with Gasteiger partial charge in [0.05, 0.1) is 12.3 Å². The summed E-state index contributed by atoms with van der Waals surface area (Å²) in [6.07, 6.45) is 1.06. The molecule has 0 spiro atoms. The smallest absolute Gasteiger partial charge is 0.263 e. The number of carbonyl (C=O) groups excluding carboxylic acids is 1. The average Bonchev–Trinajstić information content (AvgIpc) is 2.70.